The summed E-state index contributed by atoms with van der Waals surface area (Å²) in [5, 5.41) is 6.58. The summed E-state index contributed by atoms with van der Waals surface area (Å²) in [5.41, 5.74) is 1.01. The first-order valence-corrected chi connectivity index (χ1v) is 7.29. The normalized spacial score (nSPS) is 11.7. The van der Waals surface area contributed by atoms with Crippen LogP contribution in [0.2, 0.25) is 0 Å². The summed E-state index contributed by atoms with van der Waals surface area (Å²) in [6, 6.07) is 5.91. The molecular weight excluding hydrogens is 250 g/mol. The zero-order chi connectivity index (χ0) is 14.6. The SMILES string of the molecule is CCCCN(C)CCNC(=NC)NCc1ccccn1. The molecule has 0 aromatic carbocycles. The average Bonchev–Trinajstić information content (AvgIpc) is 2.49. The predicted molar refractivity (Wildman–Crippen MR) is 84.8 cm³/mol. The van der Waals surface area contributed by atoms with Gasteiger partial charge in [-0.3, -0.25) is 9.98 Å². The van der Waals surface area contributed by atoms with Crippen molar-refractivity contribution in [2.24, 2.45) is 4.99 Å². The first-order valence-electron chi connectivity index (χ1n) is 7.29. The molecule has 0 amide bonds. The maximum Gasteiger partial charge on any atom is 0.191 e. The van der Waals surface area contributed by atoms with Crippen LogP contribution in [0.4, 0.5) is 0 Å². The summed E-state index contributed by atoms with van der Waals surface area (Å²) in [6.45, 7) is 5.96. The molecule has 0 saturated carbocycles. The average molecular weight is 277 g/mol. The largest absolute Gasteiger partial charge is 0.355 e. The van der Waals surface area contributed by atoms with E-state index in [0.29, 0.717) is 6.54 Å². The van der Waals surface area contributed by atoms with Crippen molar-refractivity contribution < 1.29 is 0 Å². The van der Waals surface area contributed by atoms with Gasteiger partial charge in [0.25, 0.3) is 0 Å². The highest BCUT2D eigenvalue weighted by Gasteiger charge is 2.00. The Morgan fingerprint density at radius 1 is 1.30 bits per heavy atom. The smallest absolute Gasteiger partial charge is 0.191 e. The molecule has 0 atom stereocenters. The Labute approximate surface area is 122 Å². The van der Waals surface area contributed by atoms with Gasteiger partial charge in [0.15, 0.2) is 5.96 Å². The Balaban J connectivity index is 2.20. The van der Waals surface area contributed by atoms with E-state index < -0.39 is 0 Å². The van der Waals surface area contributed by atoms with Gasteiger partial charge in [0.05, 0.1) is 12.2 Å². The molecule has 2 N–H and O–H groups in total. The van der Waals surface area contributed by atoms with Crippen LogP contribution in [0.1, 0.15) is 25.5 Å². The van der Waals surface area contributed by atoms with Crippen molar-refractivity contribution >= 4 is 5.96 Å². The van der Waals surface area contributed by atoms with Crippen LogP contribution in [0.5, 0.6) is 0 Å². The van der Waals surface area contributed by atoms with Gasteiger partial charge in [0, 0.05) is 26.3 Å². The van der Waals surface area contributed by atoms with Crippen molar-refractivity contribution in [2.45, 2.75) is 26.3 Å². The molecule has 0 saturated heterocycles. The van der Waals surface area contributed by atoms with Crippen LogP contribution in [-0.4, -0.2) is 49.6 Å². The van der Waals surface area contributed by atoms with E-state index in [2.05, 4.69) is 39.5 Å². The van der Waals surface area contributed by atoms with E-state index in [1.807, 2.05) is 18.2 Å². The Kier molecular flexibility index (Phi) is 8.38. The topological polar surface area (TPSA) is 52.5 Å². The fraction of sp³-hybridized carbons (Fsp3) is 0.600. The lowest BCUT2D eigenvalue weighted by Gasteiger charge is -2.17. The quantitative estimate of drug-likeness (QED) is 0.558. The summed E-state index contributed by atoms with van der Waals surface area (Å²) in [7, 11) is 3.94. The summed E-state index contributed by atoms with van der Waals surface area (Å²) in [6.07, 6.45) is 4.30. The third kappa shape index (κ3) is 7.09. The van der Waals surface area contributed by atoms with E-state index in [1.165, 1.54) is 12.8 Å². The molecule has 0 aliphatic carbocycles. The fourth-order valence-corrected chi connectivity index (χ4v) is 1.80. The summed E-state index contributed by atoms with van der Waals surface area (Å²) in [5.74, 6) is 0.819. The van der Waals surface area contributed by atoms with Crippen molar-refractivity contribution in [3.63, 3.8) is 0 Å². The summed E-state index contributed by atoms with van der Waals surface area (Å²) in [4.78, 5) is 10.8. The van der Waals surface area contributed by atoms with E-state index in [0.717, 1.165) is 31.3 Å². The van der Waals surface area contributed by atoms with Crippen molar-refractivity contribution in [1.29, 1.82) is 0 Å². The number of hydrogen-bond donors (Lipinski definition) is 2. The van der Waals surface area contributed by atoms with Crippen molar-refractivity contribution in [3.05, 3.63) is 30.1 Å². The maximum absolute atomic E-state index is 4.27. The third-order valence-corrected chi connectivity index (χ3v) is 3.07. The molecule has 0 unspecified atom stereocenters. The monoisotopic (exact) mass is 277 g/mol. The van der Waals surface area contributed by atoms with E-state index >= 15 is 0 Å². The molecule has 0 spiro atoms. The number of nitrogens with zero attached hydrogens (tertiary/aromatic N) is 3. The number of rotatable bonds is 8. The minimum atomic E-state index is 0.687. The molecule has 112 valence electrons. The Morgan fingerprint density at radius 2 is 2.15 bits per heavy atom. The molecular formula is C15H27N5. The fourth-order valence-electron chi connectivity index (χ4n) is 1.80. The van der Waals surface area contributed by atoms with E-state index in [1.54, 1.807) is 13.2 Å². The lowest BCUT2D eigenvalue weighted by Crippen LogP contribution is -2.40. The zero-order valence-corrected chi connectivity index (χ0v) is 12.9. The highest BCUT2D eigenvalue weighted by molar-refractivity contribution is 5.79. The van der Waals surface area contributed by atoms with Crippen molar-refractivity contribution in [3.8, 4) is 0 Å². The second-order valence-electron chi connectivity index (χ2n) is 4.83. The lowest BCUT2D eigenvalue weighted by molar-refractivity contribution is 0.332. The molecule has 1 heterocycles. The number of aliphatic imine (C=N–C) groups is 1. The van der Waals surface area contributed by atoms with Crippen LogP contribution in [0.15, 0.2) is 29.4 Å². The number of likely N-dealkylation sites (N-methyl/N-ethyl adjacent to an activating group) is 1. The Hall–Kier alpha value is -1.62. The predicted octanol–water partition coefficient (Wildman–Crippen LogP) is 1.48. The van der Waals surface area contributed by atoms with Gasteiger partial charge in [-0.05, 0) is 32.1 Å². The van der Waals surface area contributed by atoms with Crippen LogP contribution < -0.4 is 10.6 Å². The van der Waals surface area contributed by atoms with Crippen molar-refractivity contribution in [1.82, 2.24) is 20.5 Å². The molecule has 0 aliphatic heterocycles. The molecule has 0 bridgehead atoms. The van der Waals surface area contributed by atoms with Crippen LogP contribution in [-0.2, 0) is 6.54 Å². The van der Waals surface area contributed by atoms with Gasteiger partial charge in [0.2, 0.25) is 0 Å². The van der Waals surface area contributed by atoms with Gasteiger partial charge in [-0.25, -0.2) is 0 Å². The van der Waals surface area contributed by atoms with E-state index in [4.69, 9.17) is 0 Å². The number of hydrogen-bond acceptors (Lipinski definition) is 3. The second-order valence-corrected chi connectivity index (χ2v) is 4.83. The number of guanidine groups is 1. The van der Waals surface area contributed by atoms with Gasteiger partial charge in [-0.1, -0.05) is 19.4 Å². The summed E-state index contributed by atoms with van der Waals surface area (Å²) >= 11 is 0. The molecule has 5 nitrogen and oxygen atoms in total. The van der Waals surface area contributed by atoms with Gasteiger partial charge in [0.1, 0.15) is 0 Å². The first-order chi connectivity index (χ1) is 9.76. The molecule has 0 aliphatic rings. The van der Waals surface area contributed by atoms with Crippen molar-refractivity contribution in [2.75, 3.05) is 33.7 Å². The highest BCUT2D eigenvalue weighted by Crippen LogP contribution is 1.92. The number of aromatic nitrogens is 1. The maximum atomic E-state index is 4.27. The highest BCUT2D eigenvalue weighted by atomic mass is 15.2. The van der Waals surface area contributed by atoms with E-state index in [-0.39, 0.29) is 0 Å². The van der Waals surface area contributed by atoms with Crippen LogP contribution in [0, 0.1) is 0 Å². The molecule has 0 radical (unpaired) electrons. The molecule has 0 fully saturated rings. The first kappa shape index (κ1) is 16.4. The van der Waals surface area contributed by atoms with Gasteiger partial charge < -0.3 is 15.5 Å². The minimum absolute atomic E-state index is 0.687. The molecule has 1 aromatic rings. The number of unbranched alkanes of at least 4 members (excludes halogenated alkanes) is 1. The molecule has 1 rings (SSSR count). The van der Waals surface area contributed by atoms with Crippen LogP contribution in [0.25, 0.3) is 0 Å². The molecule has 20 heavy (non-hydrogen) atoms. The summed E-state index contributed by atoms with van der Waals surface area (Å²) < 4.78 is 0. The Bertz CT molecular complexity index is 377. The van der Waals surface area contributed by atoms with Crippen LogP contribution in [0.3, 0.4) is 0 Å². The lowest BCUT2D eigenvalue weighted by atomic mass is 10.3. The minimum Gasteiger partial charge on any atom is -0.355 e. The zero-order valence-electron chi connectivity index (χ0n) is 12.9. The Morgan fingerprint density at radius 3 is 2.80 bits per heavy atom. The van der Waals surface area contributed by atoms with Gasteiger partial charge in [-0.15, -0.1) is 0 Å². The molecule has 1 aromatic heterocycles. The van der Waals surface area contributed by atoms with E-state index in [9.17, 15) is 0 Å². The number of nitrogens with one attached hydrogen (secondary N) is 2. The second kappa shape index (κ2) is 10.2. The van der Waals surface area contributed by atoms with Crippen LogP contribution >= 0.6 is 0 Å². The third-order valence-electron chi connectivity index (χ3n) is 3.07. The number of pyridine rings is 1. The molecule has 5 heteroatoms. The van der Waals surface area contributed by atoms with Gasteiger partial charge in [-0.2, -0.15) is 0 Å². The standard InChI is InChI=1S/C15H27N5/c1-4-5-11-20(3)12-10-18-15(16-2)19-13-14-8-6-7-9-17-14/h6-9H,4-5,10-13H2,1-3H3,(H2,16,18,19). The van der Waals surface area contributed by atoms with Gasteiger partial charge >= 0.3 is 0 Å².